The maximum atomic E-state index is 12.9. The molecule has 0 bridgehead atoms. The Morgan fingerprint density at radius 2 is 1.13 bits per heavy atom. The van der Waals surface area contributed by atoms with Crippen LogP contribution >= 0.6 is 0 Å². The van der Waals surface area contributed by atoms with Gasteiger partial charge in [-0.25, -0.2) is 4.39 Å². The normalized spacial score (nSPS) is 9.67. The number of benzene rings is 2. The zero-order valence-electron chi connectivity index (χ0n) is 8.23. The Labute approximate surface area is 88.7 Å². The number of rotatable bonds is 2. The van der Waals surface area contributed by atoms with Crippen LogP contribution in [0, 0.1) is 0 Å². The minimum atomic E-state index is 0.621. The summed E-state index contributed by atoms with van der Waals surface area (Å²) in [6.45, 7) is 0. The highest BCUT2D eigenvalue weighted by Crippen LogP contribution is 2.22. The monoisotopic (exact) mass is 198 g/mol. The smallest absolute Gasteiger partial charge is 0.0951 e. The molecule has 2 rings (SSSR count). The van der Waals surface area contributed by atoms with Crippen molar-refractivity contribution >= 4 is 5.57 Å². The summed E-state index contributed by atoms with van der Waals surface area (Å²) in [7, 11) is 0. The summed E-state index contributed by atoms with van der Waals surface area (Å²) in [5.41, 5.74) is 2.41. The highest BCUT2D eigenvalue weighted by molar-refractivity contribution is 5.78. The van der Waals surface area contributed by atoms with Gasteiger partial charge in [0.05, 0.1) is 6.33 Å². The minimum absolute atomic E-state index is 0.621. The third kappa shape index (κ3) is 2.13. The first kappa shape index (κ1) is 9.66. The molecule has 1 heteroatoms. The number of hydrogen-bond donors (Lipinski definition) is 0. The molecule has 0 aliphatic heterocycles. The lowest BCUT2D eigenvalue weighted by molar-refractivity contribution is 0.724. The van der Waals surface area contributed by atoms with Crippen molar-refractivity contribution in [1.82, 2.24) is 0 Å². The molecule has 0 fully saturated rings. The van der Waals surface area contributed by atoms with Crippen LogP contribution in [-0.4, -0.2) is 0 Å². The van der Waals surface area contributed by atoms with Crippen molar-refractivity contribution in [3.63, 3.8) is 0 Å². The highest BCUT2D eigenvalue weighted by atomic mass is 19.1. The van der Waals surface area contributed by atoms with E-state index in [0.29, 0.717) is 11.9 Å². The third-order valence-corrected chi connectivity index (χ3v) is 2.28. The lowest BCUT2D eigenvalue weighted by Crippen LogP contribution is -1.85. The minimum Gasteiger partial charge on any atom is -0.215 e. The van der Waals surface area contributed by atoms with Crippen molar-refractivity contribution in [2.75, 3.05) is 0 Å². The molecule has 0 amide bonds. The standard InChI is InChI=1S/C14H11F/c15-11-14(12-7-3-1-4-8-12)13-9-5-2-6-10-13/h1-11H. The van der Waals surface area contributed by atoms with E-state index in [-0.39, 0.29) is 0 Å². The second-order valence-electron chi connectivity index (χ2n) is 3.25. The van der Waals surface area contributed by atoms with Crippen LogP contribution in [0.15, 0.2) is 67.0 Å². The molecule has 0 unspecified atom stereocenters. The summed E-state index contributed by atoms with van der Waals surface area (Å²) in [5, 5.41) is 0. The van der Waals surface area contributed by atoms with Crippen LogP contribution in [0.25, 0.3) is 5.57 Å². The van der Waals surface area contributed by atoms with Crippen molar-refractivity contribution in [2.24, 2.45) is 0 Å². The molecule has 2 aromatic carbocycles. The molecular formula is C14H11F. The van der Waals surface area contributed by atoms with Gasteiger partial charge in [-0.3, -0.25) is 0 Å². The van der Waals surface area contributed by atoms with E-state index in [4.69, 9.17) is 0 Å². The summed E-state index contributed by atoms with van der Waals surface area (Å²) in [4.78, 5) is 0. The summed E-state index contributed by atoms with van der Waals surface area (Å²) in [5.74, 6) is 0. The van der Waals surface area contributed by atoms with Gasteiger partial charge in [0.15, 0.2) is 0 Å². The molecule has 0 aliphatic rings. The first-order chi connectivity index (χ1) is 7.42. The van der Waals surface area contributed by atoms with E-state index >= 15 is 0 Å². The van der Waals surface area contributed by atoms with Gasteiger partial charge in [-0.2, -0.15) is 0 Å². The molecule has 0 saturated carbocycles. The van der Waals surface area contributed by atoms with Gasteiger partial charge in [0.25, 0.3) is 0 Å². The Morgan fingerprint density at radius 1 is 0.733 bits per heavy atom. The molecule has 0 heterocycles. The third-order valence-electron chi connectivity index (χ3n) is 2.28. The topological polar surface area (TPSA) is 0 Å². The Balaban J connectivity index is 2.44. The van der Waals surface area contributed by atoms with Crippen LogP contribution in [-0.2, 0) is 0 Å². The quantitative estimate of drug-likeness (QED) is 0.683. The number of halogens is 1. The van der Waals surface area contributed by atoms with Gasteiger partial charge >= 0.3 is 0 Å². The van der Waals surface area contributed by atoms with Crippen LogP contribution in [0.1, 0.15) is 11.1 Å². The molecule has 0 radical (unpaired) electrons. The summed E-state index contributed by atoms with van der Waals surface area (Å²) in [6, 6.07) is 19.1. The number of hydrogen-bond acceptors (Lipinski definition) is 0. The summed E-state index contributed by atoms with van der Waals surface area (Å²) >= 11 is 0. The molecule has 0 aromatic heterocycles. The van der Waals surface area contributed by atoms with Crippen molar-refractivity contribution in [2.45, 2.75) is 0 Å². The fraction of sp³-hybridized carbons (Fsp3) is 0. The molecular weight excluding hydrogens is 187 g/mol. The van der Waals surface area contributed by atoms with Crippen LogP contribution in [0.2, 0.25) is 0 Å². The summed E-state index contributed by atoms with van der Waals surface area (Å²) < 4.78 is 12.9. The fourth-order valence-corrected chi connectivity index (χ4v) is 1.53. The molecule has 0 N–H and O–H groups in total. The van der Waals surface area contributed by atoms with Crippen molar-refractivity contribution in [3.05, 3.63) is 78.1 Å². The van der Waals surface area contributed by atoms with Crippen LogP contribution in [0.3, 0.4) is 0 Å². The van der Waals surface area contributed by atoms with Gasteiger partial charge in [0.1, 0.15) is 0 Å². The average molecular weight is 198 g/mol. The van der Waals surface area contributed by atoms with E-state index in [1.807, 2.05) is 60.7 Å². The van der Waals surface area contributed by atoms with E-state index in [1.54, 1.807) is 0 Å². The predicted octanol–water partition coefficient (Wildman–Crippen LogP) is 4.05. The van der Waals surface area contributed by atoms with E-state index in [9.17, 15) is 4.39 Å². The maximum Gasteiger partial charge on any atom is 0.0951 e. The lowest BCUT2D eigenvalue weighted by Gasteiger charge is -2.05. The Morgan fingerprint density at radius 3 is 1.47 bits per heavy atom. The Bertz CT molecular complexity index is 402. The predicted molar refractivity (Wildman–Crippen MR) is 61.1 cm³/mol. The fourth-order valence-electron chi connectivity index (χ4n) is 1.53. The van der Waals surface area contributed by atoms with E-state index in [0.717, 1.165) is 11.1 Å². The van der Waals surface area contributed by atoms with E-state index in [1.165, 1.54) is 0 Å². The van der Waals surface area contributed by atoms with Gasteiger partial charge in [-0.15, -0.1) is 0 Å². The zero-order valence-corrected chi connectivity index (χ0v) is 8.23. The first-order valence-electron chi connectivity index (χ1n) is 4.83. The van der Waals surface area contributed by atoms with Gasteiger partial charge in [0.2, 0.25) is 0 Å². The molecule has 0 saturated heterocycles. The largest absolute Gasteiger partial charge is 0.215 e. The summed E-state index contributed by atoms with van der Waals surface area (Å²) in [6.07, 6.45) is 0.657. The molecule has 0 nitrogen and oxygen atoms in total. The van der Waals surface area contributed by atoms with Gasteiger partial charge in [-0.05, 0) is 11.1 Å². The molecule has 0 atom stereocenters. The van der Waals surface area contributed by atoms with Crippen molar-refractivity contribution < 1.29 is 4.39 Å². The highest BCUT2D eigenvalue weighted by Gasteiger charge is 2.03. The molecule has 0 aliphatic carbocycles. The lowest BCUT2D eigenvalue weighted by atomic mass is 10.00. The Hall–Kier alpha value is -1.89. The maximum absolute atomic E-state index is 12.9. The van der Waals surface area contributed by atoms with Crippen molar-refractivity contribution in [3.8, 4) is 0 Å². The average Bonchev–Trinajstić information content (AvgIpc) is 2.33. The second kappa shape index (κ2) is 4.56. The zero-order chi connectivity index (χ0) is 10.5. The van der Waals surface area contributed by atoms with Gasteiger partial charge in [-0.1, -0.05) is 60.7 Å². The van der Waals surface area contributed by atoms with Gasteiger partial charge in [0, 0.05) is 5.57 Å². The molecule has 2 aromatic rings. The second-order valence-corrected chi connectivity index (χ2v) is 3.25. The molecule has 15 heavy (non-hydrogen) atoms. The van der Waals surface area contributed by atoms with E-state index in [2.05, 4.69) is 0 Å². The van der Waals surface area contributed by atoms with Crippen LogP contribution < -0.4 is 0 Å². The van der Waals surface area contributed by atoms with E-state index < -0.39 is 0 Å². The van der Waals surface area contributed by atoms with Crippen LogP contribution in [0.4, 0.5) is 4.39 Å². The first-order valence-corrected chi connectivity index (χ1v) is 4.83. The van der Waals surface area contributed by atoms with Crippen LogP contribution in [0.5, 0.6) is 0 Å². The molecule has 74 valence electrons. The molecule has 0 spiro atoms. The Kier molecular flexibility index (Phi) is 2.93. The van der Waals surface area contributed by atoms with Gasteiger partial charge < -0.3 is 0 Å². The van der Waals surface area contributed by atoms with Crippen molar-refractivity contribution in [1.29, 1.82) is 0 Å². The SMILES string of the molecule is FC=C(c1ccccc1)c1ccccc1.